The predicted octanol–water partition coefficient (Wildman–Crippen LogP) is 4.31. The van der Waals surface area contributed by atoms with E-state index in [1.165, 1.54) is 37.7 Å². The molecule has 23 heavy (non-hydrogen) atoms. The van der Waals surface area contributed by atoms with Gasteiger partial charge in [-0.1, -0.05) is 38.8 Å². The molecular formula is C21H34O2. The van der Waals surface area contributed by atoms with Crippen LogP contribution in [0.2, 0.25) is 0 Å². The normalized spacial score (nSPS) is 55.6. The molecule has 0 aliphatic heterocycles. The van der Waals surface area contributed by atoms with Gasteiger partial charge in [-0.25, -0.2) is 0 Å². The Labute approximate surface area is 141 Å². The first-order chi connectivity index (χ1) is 10.9. The SMILES string of the molecule is CC[C@H]1CC[C@H]2[C@@H]3C(O)C=C4CC(O)CC[C@]4(C)[C@H]3CC[C@]12C. The highest BCUT2D eigenvalue weighted by molar-refractivity contribution is 5.27. The second-order valence-corrected chi connectivity index (χ2v) is 9.51. The van der Waals surface area contributed by atoms with Crippen LogP contribution in [0, 0.1) is 34.5 Å². The summed E-state index contributed by atoms with van der Waals surface area (Å²) in [4.78, 5) is 0. The fraction of sp³-hybridized carbons (Fsp3) is 0.905. The average Bonchev–Trinajstić information content (AvgIpc) is 2.85. The van der Waals surface area contributed by atoms with E-state index >= 15 is 0 Å². The molecular weight excluding hydrogens is 284 g/mol. The molecule has 8 atom stereocenters. The van der Waals surface area contributed by atoms with E-state index in [2.05, 4.69) is 26.8 Å². The van der Waals surface area contributed by atoms with Crippen LogP contribution in [0.4, 0.5) is 0 Å². The number of aliphatic hydroxyl groups excluding tert-OH is 2. The van der Waals surface area contributed by atoms with Crippen LogP contribution in [0.1, 0.15) is 72.1 Å². The predicted molar refractivity (Wildman–Crippen MR) is 92.9 cm³/mol. The summed E-state index contributed by atoms with van der Waals surface area (Å²) in [5.74, 6) is 2.63. The Balaban J connectivity index is 1.71. The van der Waals surface area contributed by atoms with E-state index in [4.69, 9.17) is 0 Å². The van der Waals surface area contributed by atoms with Crippen molar-refractivity contribution in [3.8, 4) is 0 Å². The molecule has 4 aliphatic rings. The first kappa shape index (κ1) is 16.1. The molecule has 2 heteroatoms. The van der Waals surface area contributed by atoms with Crippen molar-refractivity contribution in [2.75, 3.05) is 0 Å². The minimum absolute atomic E-state index is 0.192. The maximum Gasteiger partial charge on any atom is 0.0757 e. The lowest BCUT2D eigenvalue weighted by molar-refractivity contribution is -0.0924. The van der Waals surface area contributed by atoms with Crippen molar-refractivity contribution in [3.63, 3.8) is 0 Å². The largest absolute Gasteiger partial charge is 0.393 e. The number of hydrogen-bond donors (Lipinski definition) is 2. The van der Waals surface area contributed by atoms with Crippen LogP contribution in [0.25, 0.3) is 0 Å². The van der Waals surface area contributed by atoms with E-state index < -0.39 is 0 Å². The van der Waals surface area contributed by atoms with E-state index in [-0.39, 0.29) is 17.6 Å². The van der Waals surface area contributed by atoms with Crippen molar-refractivity contribution in [3.05, 3.63) is 11.6 Å². The van der Waals surface area contributed by atoms with Crippen molar-refractivity contribution in [2.24, 2.45) is 34.5 Å². The Morgan fingerprint density at radius 3 is 2.57 bits per heavy atom. The van der Waals surface area contributed by atoms with Crippen molar-refractivity contribution in [2.45, 2.75) is 84.3 Å². The lowest BCUT2D eigenvalue weighted by atomic mass is 9.46. The lowest BCUT2D eigenvalue weighted by Crippen LogP contribution is -2.54. The summed E-state index contributed by atoms with van der Waals surface area (Å²) < 4.78 is 0. The number of rotatable bonds is 1. The zero-order valence-electron chi connectivity index (χ0n) is 15.1. The van der Waals surface area contributed by atoms with Gasteiger partial charge in [-0.3, -0.25) is 0 Å². The third-order valence-electron chi connectivity index (χ3n) is 8.79. The highest BCUT2D eigenvalue weighted by Gasteiger charge is 2.60. The highest BCUT2D eigenvalue weighted by Crippen LogP contribution is 2.66. The summed E-state index contributed by atoms with van der Waals surface area (Å²) in [6.45, 7) is 7.31. The fourth-order valence-corrected chi connectivity index (χ4v) is 7.41. The zero-order valence-corrected chi connectivity index (χ0v) is 15.1. The van der Waals surface area contributed by atoms with Gasteiger partial charge in [-0.05, 0) is 79.4 Å². The number of fused-ring (bicyclic) bond motifs is 5. The van der Waals surface area contributed by atoms with E-state index in [9.17, 15) is 10.2 Å². The van der Waals surface area contributed by atoms with Gasteiger partial charge in [-0.2, -0.15) is 0 Å². The smallest absolute Gasteiger partial charge is 0.0757 e. The van der Waals surface area contributed by atoms with Crippen LogP contribution in [0.3, 0.4) is 0 Å². The molecule has 0 amide bonds. The van der Waals surface area contributed by atoms with Crippen LogP contribution in [0.5, 0.6) is 0 Å². The van der Waals surface area contributed by atoms with Gasteiger partial charge in [0.2, 0.25) is 0 Å². The minimum Gasteiger partial charge on any atom is -0.393 e. The van der Waals surface area contributed by atoms with Gasteiger partial charge in [-0.15, -0.1) is 0 Å². The van der Waals surface area contributed by atoms with Crippen molar-refractivity contribution in [1.82, 2.24) is 0 Å². The zero-order chi connectivity index (χ0) is 16.4. The third kappa shape index (κ3) is 2.13. The molecule has 2 nitrogen and oxygen atoms in total. The van der Waals surface area contributed by atoms with Gasteiger partial charge in [0.05, 0.1) is 12.2 Å². The molecule has 3 fully saturated rings. The summed E-state index contributed by atoms with van der Waals surface area (Å²) in [7, 11) is 0. The summed E-state index contributed by atoms with van der Waals surface area (Å²) in [5.41, 5.74) is 2.04. The molecule has 4 aliphatic carbocycles. The van der Waals surface area contributed by atoms with Crippen LogP contribution < -0.4 is 0 Å². The van der Waals surface area contributed by atoms with E-state index in [0.29, 0.717) is 23.2 Å². The molecule has 130 valence electrons. The van der Waals surface area contributed by atoms with Crippen LogP contribution in [-0.2, 0) is 0 Å². The average molecular weight is 319 g/mol. The molecule has 0 aromatic heterocycles. The molecule has 0 aromatic rings. The molecule has 0 aromatic carbocycles. The van der Waals surface area contributed by atoms with E-state index in [0.717, 1.165) is 25.2 Å². The van der Waals surface area contributed by atoms with Crippen LogP contribution in [0.15, 0.2) is 11.6 Å². The maximum atomic E-state index is 11.0. The Morgan fingerprint density at radius 1 is 1.04 bits per heavy atom. The summed E-state index contributed by atoms with van der Waals surface area (Å²) >= 11 is 0. The topological polar surface area (TPSA) is 40.5 Å². The third-order valence-corrected chi connectivity index (χ3v) is 8.79. The number of hydrogen-bond acceptors (Lipinski definition) is 2. The summed E-state index contributed by atoms with van der Waals surface area (Å²) in [6.07, 6.45) is 11.1. The standard InChI is InChI=1S/C21H34O2/c1-4-13-5-6-16-19-17(8-10-20(13,16)2)21(3)9-7-15(22)11-14(21)12-18(19)23/h12-13,15-19,22-23H,4-11H2,1-3H3/t13-,15?,16-,17-,18?,19-,20+,21-/m0/s1. The molecule has 0 spiro atoms. The summed E-state index contributed by atoms with van der Waals surface area (Å²) in [5, 5.41) is 21.1. The molecule has 3 saturated carbocycles. The molecule has 0 heterocycles. The molecule has 2 N–H and O–H groups in total. The van der Waals surface area contributed by atoms with Crippen LogP contribution in [-0.4, -0.2) is 22.4 Å². The molecule has 0 bridgehead atoms. The van der Waals surface area contributed by atoms with E-state index in [1.54, 1.807) is 0 Å². The molecule has 0 radical (unpaired) electrons. The second kappa shape index (κ2) is 5.33. The van der Waals surface area contributed by atoms with Crippen molar-refractivity contribution < 1.29 is 10.2 Å². The lowest BCUT2D eigenvalue weighted by Gasteiger charge is -2.59. The second-order valence-electron chi connectivity index (χ2n) is 9.51. The quantitative estimate of drug-likeness (QED) is 0.707. The minimum atomic E-state index is -0.284. The first-order valence-electron chi connectivity index (χ1n) is 9.97. The van der Waals surface area contributed by atoms with Gasteiger partial charge >= 0.3 is 0 Å². The van der Waals surface area contributed by atoms with Crippen molar-refractivity contribution >= 4 is 0 Å². The Kier molecular flexibility index (Phi) is 3.74. The van der Waals surface area contributed by atoms with Gasteiger partial charge in [0.1, 0.15) is 0 Å². The van der Waals surface area contributed by atoms with Gasteiger partial charge < -0.3 is 10.2 Å². The summed E-state index contributed by atoms with van der Waals surface area (Å²) in [6, 6.07) is 0. The van der Waals surface area contributed by atoms with Crippen molar-refractivity contribution in [1.29, 1.82) is 0 Å². The van der Waals surface area contributed by atoms with Gasteiger partial charge in [0, 0.05) is 0 Å². The van der Waals surface area contributed by atoms with E-state index in [1.807, 2.05) is 0 Å². The monoisotopic (exact) mass is 318 g/mol. The fourth-order valence-electron chi connectivity index (χ4n) is 7.41. The maximum absolute atomic E-state index is 11.0. The Bertz CT molecular complexity index is 512. The van der Waals surface area contributed by atoms with Gasteiger partial charge in [0.15, 0.2) is 0 Å². The number of aliphatic hydroxyl groups is 2. The Morgan fingerprint density at radius 2 is 1.83 bits per heavy atom. The van der Waals surface area contributed by atoms with Gasteiger partial charge in [0.25, 0.3) is 0 Å². The van der Waals surface area contributed by atoms with Crippen LogP contribution >= 0.6 is 0 Å². The Hall–Kier alpha value is -0.340. The molecule has 4 rings (SSSR count). The highest BCUT2D eigenvalue weighted by atomic mass is 16.3. The molecule has 2 unspecified atom stereocenters. The molecule has 0 saturated heterocycles. The first-order valence-corrected chi connectivity index (χ1v) is 9.97.